The van der Waals surface area contributed by atoms with Crippen LogP contribution in [0, 0.1) is 0 Å². The summed E-state index contributed by atoms with van der Waals surface area (Å²) in [6, 6.07) is 40.9. The SMILES string of the molecule is Brc1cc(-c2ccccc2)ccc1-c1cccc(-c2cccc3ccccc23)c1. The van der Waals surface area contributed by atoms with E-state index >= 15 is 0 Å². The lowest BCUT2D eigenvalue weighted by atomic mass is 9.94. The lowest BCUT2D eigenvalue weighted by Crippen LogP contribution is -1.86. The number of benzene rings is 5. The van der Waals surface area contributed by atoms with Crippen molar-refractivity contribution < 1.29 is 0 Å². The zero-order chi connectivity index (χ0) is 19.6. The van der Waals surface area contributed by atoms with Gasteiger partial charge in [0.1, 0.15) is 0 Å². The molecule has 0 aromatic heterocycles. The van der Waals surface area contributed by atoms with Crippen molar-refractivity contribution in [3.8, 4) is 33.4 Å². The maximum absolute atomic E-state index is 3.80. The average Bonchev–Trinajstić information content (AvgIpc) is 2.79. The third-order valence-electron chi connectivity index (χ3n) is 5.35. The predicted molar refractivity (Wildman–Crippen MR) is 128 cm³/mol. The maximum Gasteiger partial charge on any atom is 0.0259 e. The molecule has 0 fully saturated rings. The fraction of sp³-hybridized carbons (Fsp3) is 0. The molecule has 0 unspecified atom stereocenters. The van der Waals surface area contributed by atoms with Gasteiger partial charge in [0, 0.05) is 4.47 Å². The minimum Gasteiger partial charge on any atom is -0.0622 e. The molecule has 0 heterocycles. The topological polar surface area (TPSA) is 0 Å². The molecule has 0 nitrogen and oxygen atoms in total. The van der Waals surface area contributed by atoms with Gasteiger partial charge in [0.15, 0.2) is 0 Å². The fourth-order valence-electron chi connectivity index (χ4n) is 3.89. The summed E-state index contributed by atoms with van der Waals surface area (Å²) < 4.78 is 1.11. The van der Waals surface area contributed by atoms with Gasteiger partial charge in [-0.2, -0.15) is 0 Å². The molecular formula is C28H19Br. The van der Waals surface area contributed by atoms with Crippen molar-refractivity contribution in [2.45, 2.75) is 0 Å². The molecule has 0 bridgehead atoms. The molecule has 5 rings (SSSR count). The Morgan fingerprint density at radius 3 is 1.90 bits per heavy atom. The summed E-state index contributed by atoms with van der Waals surface area (Å²) in [5.74, 6) is 0. The Bertz CT molecular complexity index is 1300. The first kappa shape index (κ1) is 17.9. The molecule has 0 aliphatic carbocycles. The number of hydrogen-bond donors (Lipinski definition) is 0. The lowest BCUT2D eigenvalue weighted by molar-refractivity contribution is 1.55. The van der Waals surface area contributed by atoms with Crippen LogP contribution in [-0.4, -0.2) is 0 Å². The summed E-state index contributed by atoms with van der Waals surface area (Å²) in [5.41, 5.74) is 7.35. The van der Waals surface area contributed by atoms with Gasteiger partial charge in [-0.3, -0.25) is 0 Å². The second kappa shape index (κ2) is 7.69. The van der Waals surface area contributed by atoms with Crippen molar-refractivity contribution in [1.82, 2.24) is 0 Å². The van der Waals surface area contributed by atoms with Crippen molar-refractivity contribution in [2.75, 3.05) is 0 Å². The fourth-order valence-corrected chi connectivity index (χ4v) is 4.50. The molecule has 5 aromatic carbocycles. The normalized spacial score (nSPS) is 10.9. The van der Waals surface area contributed by atoms with Crippen LogP contribution in [-0.2, 0) is 0 Å². The average molecular weight is 435 g/mol. The minimum absolute atomic E-state index is 1.11. The molecule has 0 spiro atoms. The zero-order valence-corrected chi connectivity index (χ0v) is 17.4. The Hall–Kier alpha value is -3.16. The molecule has 0 saturated carbocycles. The standard InChI is InChI=1S/C28H19Br/c29-28-19-22(20-8-2-1-3-9-20)16-17-27(28)24-13-6-12-23(18-24)26-15-7-11-21-10-4-5-14-25(21)26/h1-19H. The highest BCUT2D eigenvalue weighted by molar-refractivity contribution is 9.10. The molecule has 0 aliphatic heterocycles. The maximum atomic E-state index is 3.80. The summed E-state index contributed by atoms with van der Waals surface area (Å²) in [6.07, 6.45) is 0. The molecule has 0 saturated heterocycles. The van der Waals surface area contributed by atoms with Crippen LogP contribution in [0.3, 0.4) is 0 Å². The third-order valence-corrected chi connectivity index (χ3v) is 6.01. The van der Waals surface area contributed by atoms with E-state index in [4.69, 9.17) is 0 Å². The predicted octanol–water partition coefficient (Wildman–Crippen LogP) is 8.60. The van der Waals surface area contributed by atoms with Gasteiger partial charge in [-0.1, -0.05) is 119 Å². The molecule has 0 atom stereocenters. The van der Waals surface area contributed by atoms with Crippen LogP contribution in [0.25, 0.3) is 44.2 Å². The Morgan fingerprint density at radius 1 is 0.414 bits per heavy atom. The first-order valence-electron chi connectivity index (χ1n) is 9.73. The molecular weight excluding hydrogens is 416 g/mol. The molecule has 0 aliphatic rings. The van der Waals surface area contributed by atoms with Crippen LogP contribution in [0.4, 0.5) is 0 Å². The summed E-state index contributed by atoms with van der Waals surface area (Å²) in [6.45, 7) is 0. The summed E-state index contributed by atoms with van der Waals surface area (Å²) in [4.78, 5) is 0. The van der Waals surface area contributed by atoms with Gasteiger partial charge >= 0.3 is 0 Å². The second-order valence-corrected chi connectivity index (χ2v) is 8.02. The zero-order valence-electron chi connectivity index (χ0n) is 15.8. The van der Waals surface area contributed by atoms with E-state index in [9.17, 15) is 0 Å². The van der Waals surface area contributed by atoms with Crippen LogP contribution >= 0.6 is 15.9 Å². The van der Waals surface area contributed by atoms with Gasteiger partial charge < -0.3 is 0 Å². The molecule has 0 amide bonds. The Kier molecular flexibility index (Phi) is 4.75. The van der Waals surface area contributed by atoms with Crippen molar-refractivity contribution in [3.05, 3.63) is 120 Å². The highest BCUT2D eigenvalue weighted by atomic mass is 79.9. The molecule has 1 heteroatoms. The van der Waals surface area contributed by atoms with E-state index in [1.54, 1.807) is 0 Å². The van der Waals surface area contributed by atoms with E-state index in [1.165, 1.54) is 44.2 Å². The lowest BCUT2D eigenvalue weighted by Gasteiger charge is -2.11. The summed E-state index contributed by atoms with van der Waals surface area (Å²) in [7, 11) is 0. The third kappa shape index (κ3) is 3.50. The van der Waals surface area contributed by atoms with Crippen LogP contribution in [0.1, 0.15) is 0 Å². The summed E-state index contributed by atoms with van der Waals surface area (Å²) in [5, 5.41) is 2.55. The molecule has 0 radical (unpaired) electrons. The number of halogens is 1. The molecule has 29 heavy (non-hydrogen) atoms. The molecule has 0 N–H and O–H groups in total. The smallest absolute Gasteiger partial charge is 0.0259 e. The van der Waals surface area contributed by atoms with Crippen molar-refractivity contribution in [1.29, 1.82) is 0 Å². The highest BCUT2D eigenvalue weighted by Gasteiger charge is 2.09. The second-order valence-electron chi connectivity index (χ2n) is 7.17. The van der Waals surface area contributed by atoms with Gasteiger partial charge in [0.25, 0.3) is 0 Å². The Morgan fingerprint density at radius 2 is 1.07 bits per heavy atom. The van der Waals surface area contributed by atoms with E-state index in [1.807, 2.05) is 6.07 Å². The van der Waals surface area contributed by atoms with Gasteiger partial charge in [-0.25, -0.2) is 0 Å². The first-order valence-corrected chi connectivity index (χ1v) is 10.5. The monoisotopic (exact) mass is 434 g/mol. The van der Waals surface area contributed by atoms with Crippen molar-refractivity contribution >= 4 is 26.7 Å². The molecule has 5 aromatic rings. The molecule has 138 valence electrons. The number of fused-ring (bicyclic) bond motifs is 1. The van der Waals surface area contributed by atoms with Gasteiger partial charge in [0.05, 0.1) is 0 Å². The van der Waals surface area contributed by atoms with Gasteiger partial charge in [-0.15, -0.1) is 0 Å². The summed E-state index contributed by atoms with van der Waals surface area (Å²) >= 11 is 3.80. The van der Waals surface area contributed by atoms with E-state index < -0.39 is 0 Å². The first-order chi connectivity index (χ1) is 14.3. The minimum atomic E-state index is 1.11. The number of rotatable bonds is 3. The van der Waals surface area contributed by atoms with Crippen LogP contribution in [0.15, 0.2) is 120 Å². The van der Waals surface area contributed by atoms with E-state index in [0.29, 0.717) is 0 Å². The quantitative estimate of drug-likeness (QED) is 0.266. The van der Waals surface area contributed by atoms with Crippen LogP contribution in [0.2, 0.25) is 0 Å². The van der Waals surface area contributed by atoms with Crippen LogP contribution < -0.4 is 0 Å². The van der Waals surface area contributed by atoms with Crippen molar-refractivity contribution in [3.63, 3.8) is 0 Å². The van der Waals surface area contributed by atoms with Gasteiger partial charge in [-0.05, 0) is 56.3 Å². The van der Waals surface area contributed by atoms with Crippen LogP contribution in [0.5, 0.6) is 0 Å². The Balaban J connectivity index is 1.58. The van der Waals surface area contributed by atoms with E-state index in [-0.39, 0.29) is 0 Å². The largest absolute Gasteiger partial charge is 0.0622 e. The van der Waals surface area contributed by atoms with E-state index in [2.05, 4.69) is 125 Å². The van der Waals surface area contributed by atoms with E-state index in [0.717, 1.165) is 4.47 Å². The highest BCUT2D eigenvalue weighted by Crippen LogP contribution is 2.36. The Labute approximate surface area is 179 Å². The van der Waals surface area contributed by atoms with Crippen molar-refractivity contribution in [2.24, 2.45) is 0 Å². The van der Waals surface area contributed by atoms with Gasteiger partial charge in [0.2, 0.25) is 0 Å². The number of hydrogen-bond acceptors (Lipinski definition) is 0.